The van der Waals surface area contributed by atoms with Gasteiger partial charge in [-0.05, 0) is 45.4 Å². The van der Waals surface area contributed by atoms with E-state index in [-0.39, 0.29) is 12.1 Å². The van der Waals surface area contributed by atoms with E-state index in [9.17, 15) is 4.79 Å². The van der Waals surface area contributed by atoms with Gasteiger partial charge in [-0.2, -0.15) is 0 Å². The van der Waals surface area contributed by atoms with Gasteiger partial charge in [-0.1, -0.05) is 12.8 Å². The van der Waals surface area contributed by atoms with E-state index in [0.29, 0.717) is 12.5 Å². The summed E-state index contributed by atoms with van der Waals surface area (Å²) < 4.78 is 5.37. The van der Waals surface area contributed by atoms with Crippen LogP contribution >= 0.6 is 0 Å². The van der Waals surface area contributed by atoms with Crippen LogP contribution in [0.3, 0.4) is 0 Å². The molecule has 1 saturated carbocycles. The van der Waals surface area contributed by atoms with Crippen molar-refractivity contribution in [1.29, 1.82) is 0 Å². The van der Waals surface area contributed by atoms with Crippen molar-refractivity contribution in [2.75, 3.05) is 26.2 Å². The lowest BCUT2D eigenvalue weighted by atomic mass is 9.89. The molecular formula is C16H31N3O2. The van der Waals surface area contributed by atoms with E-state index in [1.807, 2.05) is 20.8 Å². The molecule has 2 rings (SSSR count). The van der Waals surface area contributed by atoms with Crippen LogP contribution in [0.15, 0.2) is 0 Å². The van der Waals surface area contributed by atoms with Crippen molar-refractivity contribution in [3.05, 3.63) is 0 Å². The molecule has 5 heteroatoms. The molecule has 21 heavy (non-hydrogen) atoms. The number of likely N-dealkylation sites (tertiary alicyclic amines) is 1. The molecule has 2 aliphatic rings. The van der Waals surface area contributed by atoms with Crippen LogP contribution in [-0.2, 0) is 4.74 Å². The minimum Gasteiger partial charge on any atom is -0.444 e. The van der Waals surface area contributed by atoms with Crippen LogP contribution in [0, 0.1) is 11.8 Å². The number of carbonyl (C=O) groups is 1. The monoisotopic (exact) mass is 297 g/mol. The molecule has 1 saturated heterocycles. The molecule has 0 radical (unpaired) electrons. The fraction of sp³-hybridized carbons (Fsp3) is 0.938. The van der Waals surface area contributed by atoms with Crippen molar-refractivity contribution < 1.29 is 9.53 Å². The van der Waals surface area contributed by atoms with E-state index in [2.05, 4.69) is 10.2 Å². The summed E-state index contributed by atoms with van der Waals surface area (Å²) in [4.78, 5) is 14.3. The molecule has 2 unspecified atom stereocenters. The van der Waals surface area contributed by atoms with E-state index < -0.39 is 5.60 Å². The normalized spacial score (nSPS) is 27.4. The van der Waals surface area contributed by atoms with E-state index in [1.54, 1.807) is 0 Å². The largest absolute Gasteiger partial charge is 0.444 e. The van der Waals surface area contributed by atoms with Crippen LogP contribution in [0.25, 0.3) is 0 Å². The van der Waals surface area contributed by atoms with E-state index in [4.69, 9.17) is 10.5 Å². The second kappa shape index (κ2) is 6.97. The third kappa shape index (κ3) is 6.22. The molecule has 2 fully saturated rings. The highest BCUT2D eigenvalue weighted by Gasteiger charge is 2.33. The average Bonchev–Trinajstić information content (AvgIpc) is 3.10. The second-order valence-electron chi connectivity index (χ2n) is 7.67. The maximum atomic E-state index is 12.0. The summed E-state index contributed by atoms with van der Waals surface area (Å²) >= 11 is 0. The summed E-state index contributed by atoms with van der Waals surface area (Å²) in [5.41, 5.74) is 5.25. The van der Waals surface area contributed by atoms with Gasteiger partial charge in [0.05, 0.1) is 0 Å². The lowest BCUT2D eigenvalue weighted by Gasteiger charge is -2.38. The molecule has 0 aromatic rings. The van der Waals surface area contributed by atoms with Crippen molar-refractivity contribution in [2.24, 2.45) is 17.6 Å². The van der Waals surface area contributed by atoms with Crippen LogP contribution in [0.2, 0.25) is 0 Å². The Morgan fingerprint density at radius 3 is 2.57 bits per heavy atom. The summed E-state index contributed by atoms with van der Waals surface area (Å²) in [6.45, 7) is 9.28. The Bertz CT molecular complexity index is 350. The van der Waals surface area contributed by atoms with Crippen LogP contribution in [0.5, 0.6) is 0 Å². The Hall–Kier alpha value is -0.810. The molecule has 1 aliphatic heterocycles. The van der Waals surface area contributed by atoms with Crippen LogP contribution < -0.4 is 11.1 Å². The molecule has 5 nitrogen and oxygen atoms in total. The number of piperidine rings is 1. The molecule has 122 valence electrons. The highest BCUT2D eigenvalue weighted by molar-refractivity contribution is 5.68. The lowest BCUT2D eigenvalue weighted by molar-refractivity contribution is 0.0446. The molecule has 0 spiro atoms. The van der Waals surface area contributed by atoms with Gasteiger partial charge < -0.3 is 15.8 Å². The zero-order valence-electron chi connectivity index (χ0n) is 13.7. The molecule has 0 bridgehead atoms. The number of amides is 1. The summed E-state index contributed by atoms with van der Waals surface area (Å²) in [7, 11) is 0. The van der Waals surface area contributed by atoms with Gasteiger partial charge >= 0.3 is 6.09 Å². The smallest absolute Gasteiger partial charge is 0.407 e. The molecule has 1 aliphatic carbocycles. The van der Waals surface area contributed by atoms with Crippen molar-refractivity contribution in [1.82, 2.24) is 10.2 Å². The van der Waals surface area contributed by atoms with Crippen molar-refractivity contribution in [3.63, 3.8) is 0 Å². The van der Waals surface area contributed by atoms with Crippen LogP contribution in [0.4, 0.5) is 4.79 Å². The van der Waals surface area contributed by atoms with Gasteiger partial charge in [0.25, 0.3) is 0 Å². The molecular weight excluding hydrogens is 266 g/mol. The topological polar surface area (TPSA) is 67.6 Å². The van der Waals surface area contributed by atoms with Gasteiger partial charge in [0, 0.05) is 32.2 Å². The van der Waals surface area contributed by atoms with Gasteiger partial charge in [0.1, 0.15) is 5.60 Å². The molecule has 0 aromatic carbocycles. The Morgan fingerprint density at radius 1 is 1.29 bits per heavy atom. The number of nitrogens with zero attached hydrogens (tertiary/aromatic N) is 1. The Labute approximate surface area is 128 Å². The number of ether oxygens (including phenoxy) is 1. The van der Waals surface area contributed by atoms with E-state index >= 15 is 0 Å². The summed E-state index contributed by atoms with van der Waals surface area (Å²) in [5, 5.41) is 3.04. The Morgan fingerprint density at radius 2 is 2.00 bits per heavy atom. The maximum absolute atomic E-state index is 12.0. The minimum atomic E-state index is -0.441. The summed E-state index contributed by atoms with van der Waals surface area (Å²) in [6.07, 6.45) is 4.84. The SMILES string of the molecule is CC(C)(C)OC(=O)NC1CC(CC2CC2)CN(CCN)C1. The third-order valence-corrected chi connectivity index (χ3v) is 4.14. The number of carbonyl (C=O) groups excluding carboxylic acids is 1. The Balaban J connectivity index is 1.85. The first-order valence-electron chi connectivity index (χ1n) is 8.27. The molecule has 3 N–H and O–H groups in total. The van der Waals surface area contributed by atoms with Crippen molar-refractivity contribution >= 4 is 6.09 Å². The van der Waals surface area contributed by atoms with E-state index in [1.165, 1.54) is 19.3 Å². The highest BCUT2D eigenvalue weighted by Crippen LogP contribution is 2.37. The predicted molar refractivity (Wildman–Crippen MR) is 84.1 cm³/mol. The lowest BCUT2D eigenvalue weighted by Crippen LogP contribution is -2.52. The average molecular weight is 297 g/mol. The molecule has 2 atom stereocenters. The van der Waals surface area contributed by atoms with Gasteiger partial charge in [0.2, 0.25) is 0 Å². The quantitative estimate of drug-likeness (QED) is 0.814. The third-order valence-electron chi connectivity index (χ3n) is 4.14. The van der Waals surface area contributed by atoms with Gasteiger partial charge in [0.15, 0.2) is 0 Å². The number of rotatable bonds is 5. The van der Waals surface area contributed by atoms with Gasteiger partial charge in [-0.15, -0.1) is 0 Å². The number of nitrogens with one attached hydrogen (secondary N) is 1. The first-order valence-corrected chi connectivity index (χ1v) is 8.27. The Kier molecular flexibility index (Phi) is 5.49. The number of alkyl carbamates (subject to hydrolysis) is 1. The fourth-order valence-electron chi connectivity index (χ4n) is 3.24. The predicted octanol–water partition coefficient (Wildman–Crippen LogP) is 1.96. The summed E-state index contributed by atoms with van der Waals surface area (Å²) in [5.74, 6) is 1.60. The summed E-state index contributed by atoms with van der Waals surface area (Å²) in [6, 6.07) is 0.184. The molecule has 1 amide bonds. The standard InChI is InChI=1S/C16H31N3O2/c1-16(2,3)21-15(20)18-14-9-13(8-12-4-5-12)10-19(11-14)7-6-17/h12-14H,4-11,17H2,1-3H3,(H,18,20). The van der Waals surface area contributed by atoms with Crippen LogP contribution in [0.1, 0.15) is 46.5 Å². The number of hydrogen-bond donors (Lipinski definition) is 2. The molecule has 1 heterocycles. The zero-order chi connectivity index (χ0) is 15.5. The van der Waals surface area contributed by atoms with Crippen molar-refractivity contribution in [2.45, 2.75) is 58.1 Å². The zero-order valence-corrected chi connectivity index (χ0v) is 13.7. The van der Waals surface area contributed by atoms with Gasteiger partial charge in [-0.25, -0.2) is 4.79 Å². The van der Waals surface area contributed by atoms with Gasteiger partial charge in [-0.3, -0.25) is 4.90 Å². The fourth-order valence-corrected chi connectivity index (χ4v) is 3.24. The minimum absolute atomic E-state index is 0.184. The van der Waals surface area contributed by atoms with Crippen LogP contribution in [-0.4, -0.2) is 48.8 Å². The first kappa shape index (κ1) is 16.6. The molecule has 0 aromatic heterocycles. The number of nitrogens with two attached hydrogens (primary N) is 1. The van der Waals surface area contributed by atoms with Crippen molar-refractivity contribution in [3.8, 4) is 0 Å². The second-order valence-corrected chi connectivity index (χ2v) is 7.67. The first-order chi connectivity index (χ1) is 9.85. The highest BCUT2D eigenvalue weighted by atomic mass is 16.6. The van der Waals surface area contributed by atoms with E-state index in [0.717, 1.165) is 32.0 Å². The maximum Gasteiger partial charge on any atom is 0.407 e. The number of hydrogen-bond acceptors (Lipinski definition) is 4.